The number of nitrogens with zero attached hydrogens (tertiary/aromatic N) is 2. The summed E-state index contributed by atoms with van der Waals surface area (Å²) in [4.78, 5) is 26.0. The van der Waals surface area contributed by atoms with Crippen LogP contribution in [0, 0.1) is 0 Å². The number of hydrogen-bond donors (Lipinski definition) is 1. The van der Waals surface area contributed by atoms with Crippen LogP contribution in [0.3, 0.4) is 0 Å². The molecule has 6 nitrogen and oxygen atoms in total. The lowest BCUT2D eigenvalue weighted by Gasteiger charge is -2.05. The van der Waals surface area contributed by atoms with E-state index >= 15 is 0 Å². The van der Waals surface area contributed by atoms with Crippen molar-refractivity contribution in [1.82, 2.24) is 14.9 Å². The van der Waals surface area contributed by atoms with Crippen LogP contribution in [0.15, 0.2) is 17.2 Å². The summed E-state index contributed by atoms with van der Waals surface area (Å²) in [6, 6.07) is 0. The number of ether oxygens (including phenoxy) is 1. The lowest BCUT2D eigenvalue weighted by molar-refractivity contribution is 0.0599. The number of likely N-dealkylation sites (N-methyl/N-ethyl adjacent to an activating group) is 1. The number of methoxy groups -OCH3 is 1. The van der Waals surface area contributed by atoms with Gasteiger partial charge in [0.05, 0.1) is 12.7 Å². The number of hydrogen-bond acceptors (Lipinski definition) is 5. The van der Waals surface area contributed by atoms with Gasteiger partial charge in [-0.15, -0.1) is 0 Å². The molecule has 1 aromatic rings. The van der Waals surface area contributed by atoms with E-state index < -0.39 is 5.97 Å². The lowest BCUT2D eigenvalue weighted by atomic mass is 10.3. The minimum Gasteiger partial charge on any atom is -0.465 e. The Hall–Kier alpha value is -1.69. The van der Waals surface area contributed by atoms with Crippen molar-refractivity contribution in [3.63, 3.8) is 0 Å². The number of carbonyl (C=O) groups excluding carboxylic acids is 1. The summed E-state index contributed by atoms with van der Waals surface area (Å²) in [7, 11) is 3.06. The third-order valence-corrected chi connectivity index (χ3v) is 1.88. The Balaban J connectivity index is 2.95. The van der Waals surface area contributed by atoms with Crippen molar-refractivity contribution in [3.05, 3.63) is 28.4 Å². The van der Waals surface area contributed by atoms with E-state index in [2.05, 4.69) is 15.0 Å². The van der Waals surface area contributed by atoms with Gasteiger partial charge in [0, 0.05) is 25.5 Å². The highest BCUT2D eigenvalue weighted by Gasteiger charge is 2.07. The van der Waals surface area contributed by atoms with Crippen LogP contribution in [-0.2, 0) is 11.3 Å². The smallest absolute Gasteiger partial charge is 0.347 e. The molecular formula is C9H13N3O3. The SMILES string of the molecule is CNCCn1cc(C(=O)OC)cnc1=O. The molecule has 0 amide bonds. The molecular weight excluding hydrogens is 198 g/mol. The fourth-order valence-corrected chi connectivity index (χ4v) is 1.07. The zero-order valence-electron chi connectivity index (χ0n) is 8.69. The monoisotopic (exact) mass is 211 g/mol. The van der Waals surface area contributed by atoms with Gasteiger partial charge in [-0.25, -0.2) is 14.6 Å². The highest BCUT2D eigenvalue weighted by atomic mass is 16.5. The van der Waals surface area contributed by atoms with Gasteiger partial charge >= 0.3 is 11.7 Å². The van der Waals surface area contributed by atoms with Crippen LogP contribution in [0.5, 0.6) is 0 Å². The molecule has 0 aliphatic carbocycles. The summed E-state index contributed by atoms with van der Waals surface area (Å²) in [5, 5.41) is 2.90. The van der Waals surface area contributed by atoms with Gasteiger partial charge in [0.25, 0.3) is 0 Å². The van der Waals surface area contributed by atoms with Gasteiger partial charge in [-0.3, -0.25) is 4.57 Å². The fourth-order valence-electron chi connectivity index (χ4n) is 1.07. The topological polar surface area (TPSA) is 73.2 Å². The van der Waals surface area contributed by atoms with Crippen molar-refractivity contribution in [3.8, 4) is 0 Å². The van der Waals surface area contributed by atoms with Gasteiger partial charge in [-0.1, -0.05) is 0 Å². The summed E-state index contributed by atoms with van der Waals surface area (Å²) < 4.78 is 5.89. The van der Waals surface area contributed by atoms with E-state index in [1.54, 1.807) is 7.05 Å². The summed E-state index contributed by atoms with van der Waals surface area (Å²) in [6.07, 6.45) is 2.66. The van der Waals surface area contributed by atoms with E-state index in [9.17, 15) is 9.59 Å². The number of nitrogens with one attached hydrogen (secondary N) is 1. The van der Waals surface area contributed by atoms with Gasteiger partial charge < -0.3 is 10.1 Å². The van der Waals surface area contributed by atoms with E-state index in [-0.39, 0.29) is 11.3 Å². The maximum Gasteiger partial charge on any atom is 0.347 e. The molecule has 0 fully saturated rings. The van der Waals surface area contributed by atoms with Gasteiger partial charge in [0.15, 0.2) is 0 Å². The Labute approximate surface area is 86.9 Å². The molecule has 0 bridgehead atoms. The maximum absolute atomic E-state index is 11.3. The van der Waals surface area contributed by atoms with E-state index in [4.69, 9.17) is 0 Å². The first-order valence-electron chi connectivity index (χ1n) is 4.48. The average molecular weight is 211 g/mol. The van der Waals surface area contributed by atoms with E-state index in [1.807, 2.05) is 0 Å². The zero-order valence-corrected chi connectivity index (χ0v) is 8.69. The van der Waals surface area contributed by atoms with Crippen LogP contribution in [-0.4, -0.2) is 36.2 Å². The number of aromatic nitrogens is 2. The summed E-state index contributed by atoms with van der Waals surface area (Å²) in [5.41, 5.74) is -0.105. The molecule has 15 heavy (non-hydrogen) atoms. The second-order valence-electron chi connectivity index (χ2n) is 2.91. The maximum atomic E-state index is 11.3. The summed E-state index contributed by atoms with van der Waals surface area (Å²) >= 11 is 0. The molecule has 1 N–H and O–H groups in total. The Morgan fingerprint density at radius 3 is 3.00 bits per heavy atom. The average Bonchev–Trinajstić information content (AvgIpc) is 2.27. The van der Waals surface area contributed by atoms with E-state index in [0.717, 1.165) is 0 Å². The number of rotatable bonds is 4. The molecule has 0 radical (unpaired) electrons. The van der Waals surface area contributed by atoms with Gasteiger partial charge in [0.1, 0.15) is 0 Å². The van der Waals surface area contributed by atoms with Crippen LogP contribution in [0.2, 0.25) is 0 Å². The molecule has 1 rings (SSSR count). The van der Waals surface area contributed by atoms with Crippen LogP contribution in [0.1, 0.15) is 10.4 Å². The quantitative estimate of drug-likeness (QED) is 0.663. The minimum atomic E-state index is -0.499. The first-order chi connectivity index (χ1) is 7.19. The molecule has 1 aromatic heterocycles. The highest BCUT2D eigenvalue weighted by Crippen LogP contribution is 1.95. The van der Waals surface area contributed by atoms with Crippen molar-refractivity contribution in [2.45, 2.75) is 6.54 Å². The Bertz CT molecular complexity index is 400. The second-order valence-corrected chi connectivity index (χ2v) is 2.91. The Morgan fingerprint density at radius 1 is 1.67 bits per heavy atom. The number of carbonyl (C=O) groups is 1. The largest absolute Gasteiger partial charge is 0.465 e. The molecule has 0 aromatic carbocycles. The second kappa shape index (κ2) is 5.26. The van der Waals surface area contributed by atoms with Gasteiger partial charge in [0.2, 0.25) is 0 Å². The first-order valence-corrected chi connectivity index (χ1v) is 4.48. The molecule has 0 aliphatic rings. The van der Waals surface area contributed by atoms with Crippen LogP contribution in [0.4, 0.5) is 0 Å². The molecule has 0 spiro atoms. The fraction of sp³-hybridized carbons (Fsp3) is 0.444. The van der Waals surface area contributed by atoms with Crippen molar-refractivity contribution in [1.29, 1.82) is 0 Å². The molecule has 1 heterocycles. The van der Waals surface area contributed by atoms with Gasteiger partial charge in [-0.05, 0) is 7.05 Å². The lowest BCUT2D eigenvalue weighted by Crippen LogP contribution is -2.28. The predicted molar refractivity (Wildman–Crippen MR) is 53.8 cm³/mol. The third kappa shape index (κ3) is 2.88. The zero-order chi connectivity index (χ0) is 11.3. The predicted octanol–water partition coefficient (Wildman–Crippen LogP) is -0.751. The minimum absolute atomic E-state index is 0.271. The molecule has 6 heteroatoms. The molecule has 82 valence electrons. The van der Waals surface area contributed by atoms with Crippen LogP contribution >= 0.6 is 0 Å². The van der Waals surface area contributed by atoms with Crippen LogP contribution < -0.4 is 11.0 Å². The Kier molecular flexibility index (Phi) is 3.99. The van der Waals surface area contributed by atoms with Crippen molar-refractivity contribution >= 4 is 5.97 Å². The summed E-state index contributed by atoms with van der Waals surface area (Å²) in [5.74, 6) is -0.499. The van der Waals surface area contributed by atoms with E-state index in [0.29, 0.717) is 13.1 Å². The highest BCUT2D eigenvalue weighted by molar-refractivity contribution is 5.88. The number of esters is 1. The molecule has 0 atom stereocenters. The van der Waals surface area contributed by atoms with Gasteiger partial charge in [-0.2, -0.15) is 0 Å². The van der Waals surface area contributed by atoms with E-state index in [1.165, 1.54) is 24.1 Å². The third-order valence-electron chi connectivity index (χ3n) is 1.88. The van der Waals surface area contributed by atoms with Crippen LogP contribution in [0.25, 0.3) is 0 Å². The van der Waals surface area contributed by atoms with Crippen molar-refractivity contribution < 1.29 is 9.53 Å². The summed E-state index contributed by atoms with van der Waals surface area (Å²) in [6.45, 7) is 1.10. The molecule has 0 saturated heterocycles. The van der Waals surface area contributed by atoms with Crippen molar-refractivity contribution in [2.24, 2.45) is 0 Å². The van der Waals surface area contributed by atoms with Crippen molar-refractivity contribution in [2.75, 3.05) is 20.7 Å². The Morgan fingerprint density at radius 2 is 2.40 bits per heavy atom. The standard InChI is InChI=1S/C9H13N3O3/c1-10-3-4-12-6-7(8(13)15-2)5-11-9(12)14/h5-6,10H,3-4H2,1-2H3. The molecule has 0 unspecified atom stereocenters. The normalized spacial score (nSPS) is 10.0. The molecule has 0 saturated carbocycles. The first kappa shape index (κ1) is 11.4. The molecule has 0 aliphatic heterocycles.